The van der Waals surface area contributed by atoms with Crippen molar-refractivity contribution in [2.24, 2.45) is 0 Å². The third-order valence-electron chi connectivity index (χ3n) is 5.68. The lowest BCUT2D eigenvalue weighted by atomic mass is 9.99. The van der Waals surface area contributed by atoms with E-state index in [1.165, 1.54) is 11.1 Å². The molecule has 0 radical (unpaired) electrons. The van der Waals surface area contributed by atoms with Gasteiger partial charge in [0.2, 0.25) is 0 Å². The second-order valence-corrected chi connectivity index (χ2v) is 8.47. The van der Waals surface area contributed by atoms with Gasteiger partial charge in [0, 0.05) is 44.3 Å². The Morgan fingerprint density at radius 2 is 1.37 bits per heavy atom. The first-order chi connectivity index (χ1) is 14.7. The van der Waals surface area contributed by atoms with Crippen LogP contribution in [0.3, 0.4) is 0 Å². The highest BCUT2D eigenvalue weighted by Gasteiger charge is 2.19. The molecule has 3 aromatic carbocycles. The molecule has 156 valence electrons. The van der Waals surface area contributed by atoms with Crippen LogP contribution >= 0.6 is 23.2 Å². The van der Waals surface area contributed by atoms with Crippen LogP contribution in [0.25, 0.3) is 0 Å². The van der Waals surface area contributed by atoms with E-state index >= 15 is 0 Å². The molecule has 0 aliphatic carbocycles. The van der Waals surface area contributed by atoms with E-state index in [0.717, 1.165) is 55.0 Å². The maximum Gasteiger partial charge on any atom is 0.0639 e. The standard InChI is InChI=1S/C25H27Cl2N3/c26-22-12-10-21(11-13-22)25(20-6-2-1-3-7-20)28-14-15-29-16-18-30(19-17-29)24-9-5-4-8-23(24)27/h1-13,25,28H,14-19H2. The lowest BCUT2D eigenvalue weighted by Crippen LogP contribution is -2.48. The molecule has 1 heterocycles. The number of hydrogen-bond donors (Lipinski definition) is 1. The minimum Gasteiger partial charge on any atom is -0.368 e. The molecule has 4 rings (SSSR count). The molecular weight excluding hydrogens is 413 g/mol. The third kappa shape index (κ3) is 5.35. The summed E-state index contributed by atoms with van der Waals surface area (Å²) in [4.78, 5) is 4.90. The summed E-state index contributed by atoms with van der Waals surface area (Å²) in [5.74, 6) is 0. The molecule has 3 nitrogen and oxygen atoms in total. The largest absolute Gasteiger partial charge is 0.368 e. The zero-order valence-corrected chi connectivity index (χ0v) is 18.5. The van der Waals surface area contributed by atoms with Gasteiger partial charge in [-0.3, -0.25) is 4.90 Å². The molecule has 1 aliphatic heterocycles. The van der Waals surface area contributed by atoms with Crippen LogP contribution in [0.1, 0.15) is 17.2 Å². The zero-order chi connectivity index (χ0) is 20.8. The lowest BCUT2D eigenvalue weighted by Gasteiger charge is -2.36. The molecule has 1 atom stereocenters. The van der Waals surface area contributed by atoms with Crippen LogP contribution in [0.5, 0.6) is 0 Å². The van der Waals surface area contributed by atoms with E-state index in [4.69, 9.17) is 23.2 Å². The first-order valence-corrected chi connectivity index (χ1v) is 11.2. The number of benzene rings is 3. The molecule has 1 fully saturated rings. The van der Waals surface area contributed by atoms with Gasteiger partial charge in [-0.2, -0.15) is 0 Å². The summed E-state index contributed by atoms with van der Waals surface area (Å²) in [7, 11) is 0. The highest BCUT2D eigenvalue weighted by molar-refractivity contribution is 6.33. The molecule has 0 aromatic heterocycles. The Hall–Kier alpha value is -2.04. The second-order valence-electron chi connectivity index (χ2n) is 7.63. The molecule has 0 bridgehead atoms. The monoisotopic (exact) mass is 439 g/mol. The first kappa shape index (κ1) is 21.2. The average molecular weight is 440 g/mol. The molecule has 1 unspecified atom stereocenters. The highest BCUT2D eigenvalue weighted by Crippen LogP contribution is 2.26. The van der Waals surface area contributed by atoms with Crippen LogP contribution in [-0.2, 0) is 0 Å². The molecule has 1 aliphatic rings. The van der Waals surface area contributed by atoms with Gasteiger partial charge in [-0.15, -0.1) is 0 Å². The Bertz CT molecular complexity index is 923. The van der Waals surface area contributed by atoms with E-state index in [1.807, 2.05) is 24.3 Å². The fraction of sp³-hybridized carbons (Fsp3) is 0.280. The number of anilines is 1. The van der Waals surface area contributed by atoms with E-state index in [2.05, 4.69) is 69.7 Å². The van der Waals surface area contributed by atoms with Crippen LogP contribution in [0.2, 0.25) is 10.0 Å². The molecule has 0 saturated carbocycles. The van der Waals surface area contributed by atoms with Gasteiger partial charge in [0.05, 0.1) is 16.8 Å². The average Bonchev–Trinajstić information content (AvgIpc) is 2.79. The minimum absolute atomic E-state index is 0.160. The fourth-order valence-corrected chi connectivity index (χ4v) is 4.40. The number of piperazine rings is 1. The van der Waals surface area contributed by atoms with Crippen LogP contribution < -0.4 is 10.2 Å². The summed E-state index contributed by atoms with van der Waals surface area (Å²) in [6.07, 6.45) is 0. The molecular formula is C25H27Cl2N3. The smallest absolute Gasteiger partial charge is 0.0639 e. The Morgan fingerprint density at radius 3 is 2.07 bits per heavy atom. The first-order valence-electron chi connectivity index (χ1n) is 10.5. The minimum atomic E-state index is 0.160. The van der Waals surface area contributed by atoms with E-state index in [9.17, 15) is 0 Å². The van der Waals surface area contributed by atoms with E-state index < -0.39 is 0 Å². The van der Waals surface area contributed by atoms with Gasteiger partial charge < -0.3 is 10.2 Å². The topological polar surface area (TPSA) is 18.5 Å². The van der Waals surface area contributed by atoms with E-state index in [0.29, 0.717) is 0 Å². The van der Waals surface area contributed by atoms with Crippen molar-refractivity contribution in [3.05, 3.63) is 100 Å². The van der Waals surface area contributed by atoms with Crippen LogP contribution in [0.4, 0.5) is 5.69 Å². The van der Waals surface area contributed by atoms with Gasteiger partial charge in [0.1, 0.15) is 0 Å². The number of hydrogen-bond acceptors (Lipinski definition) is 3. The summed E-state index contributed by atoms with van der Waals surface area (Å²) >= 11 is 12.5. The van der Waals surface area contributed by atoms with Gasteiger partial charge in [0.25, 0.3) is 0 Å². The predicted octanol–water partition coefficient (Wildman–Crippen LogP) is 5.49. The lowest BCUT2D eigenvalue weighted by molar-refractivity contribution is 0.255. The SMILES string of the molecule is Clc1ccc(C(NCCN2CCN(c3ccccc3Cl)CC2)c2ccccc2)cc1. The summed E-state index contributed by atoms with van der Waals surface area (Å²) in [6.45, 7) is 6.04. The maximum absolute atomic E-state index is 6.37. The third-order valence-corrected chi connectivity index (χ3v) is 6.25. The van der Waals surface area contributed by atoms with Crippen molar-refractivity contribution in [2.75, 3.05) is 44.2 Å². The Morgan fingerprint density at radius 1 is 0.733 bits per heavy atom. The summed E-state index contributed by atoms with van der Waals surface area (Å²) in [6, 6.07) is 27.0. The van der Waals surface area contributed by atoms with E-state index in [-0.39, 0.29) is 6.04 Å². The molecule has 30 heavy (non-hydrogen) atoms. The summed E-state index contributed by atoms with van der Waals surface area (Å²) in [5.41, 5.74) is 3.64. The van der Waals surface area contributed by atoms with Gasteiger partial charge in [-0.25, -0.2) is 0 Å². The van der Waals surface area contributed by atoms with Crippen molar-refractivity contribution in [1.82, 2.24) is 10.2 Å². The number of halogens is 2. The number of para-hydroxylation sites is 1. The number of nitrogens with one attached hydrogen (secondary N) is 1. The molecule has 0 spiro atoms. The van der Waals surface area contributed by atoms with Crippen LogP contribution in [-0.4, -0.2) is 44.2 Å². The van der Waals surface area contributed by atoms with Gasteiger partial charge in [-0.1, -0.05) is 77.8 Å². The van der Waals surface area contributed by atoms with Crippen LogP contribution in [0, 0.1) is 0 Å². The molecule has 3 aromatic rings. The predicted molar refractivity (Wildman–Crippen MR) is 128 cm³/mol. The van der Waals surface area contributed by atoms with Crippen molar-refractivity contribution in [3.63, 3.8) is 0 Å². The maximum atomic E-state index is 6.37. The van der Waals surface area contributed by atoms with Crippen molar-refractivity contribution in [2.45, 2.75) is 6.04 Å². The Labute approximate surface area is 189 Å². The van der Waals surface area contributed by atoms with Gasteiger partial charge >= 0.3 is 0 Å². The van der Waals surface area contributed by atoms with Crippen molar-refractivity contribution in [3.8, 4) is 0 Å². The van der Waals surface area contributed by atoms with E-state index in [1.54, 1.807) is 0 Å². The fourth-order valence-electron chi connectivity index (χ4n) is 4.02. The Balaban J connectivity index is 1.33. The van der Waals surface area contributed by atoms with Gasteiger partial charge in [-0.05, 0) is 35.4 Å². The zero-order valence-electron chi connectivity index (χ0n) is 17.0. The summed E-state index contributed by atoms with van der Waals surface area (Å²) in [5, 5.41) is 5.35. The summed E-state index contributed by atoms with van der Waals surface area (Å²) < 4.78 is 0. The highest BCUT2D eigenvalue weighted by atomic mass is 35.5. The Kier molecular flexibility index (Phi) is 7.29. The van der Waals surface area contributed by atoms with Crippen molar-refractivity contribution >= 4 is 28.9 Å². The van der Waals surface area contributed by atoms with Crippen LogP contribution in [0.15, 0.2) is 78.9 Å². The molecule has 1 saturated heterocycles. The van der Waals surface area contributed by atoms with Crippen molar-refractivity contribution in [1.29, 1.82) is 0 Å². The van der Waals surface area contributed by atoms with Gasteiger partial charge in [0.15, 0.2) is 0 Å². The molecule has 0 amide bonds. The number of rotatable bonds is 7. The normalized spacial score (nSPS) is 15.9. The second kappa shape index (κ2) is 10.3. The quantitative estimate of drug-likeness (QED) is 0.524. The van der Waals surface area contributed by atoms with Crippen molar-refractivity contribution < 1.29 is 0 Å². The molecule has 5 heteroatoms. The molecule has 1 N–H and O–H groups in total. The number of nitrogens with zero attached hydrogens (tertiary/aromatic N) is 2.